The van der Waals surface area contributed by atoms with Crippen molar-refractivity contribution in [1.82, 2.24) is 5.32 Å². The molecule has 2 N–H and O–H groups in total. The first-order valence-electron chi connectivity index (χ1n) is 11.2. The average Bonchev–Trinajstić information content (AvgIpc) is 3.25. The van der Waals surface area contributed by atoms with Crippen LogP contribution < -0.4 is 14.9 Å². The van der Waals surface area contributed by atoms with Crippen LogP contribution in [-0.4, -0.2) is 33.3 Å². The van der Waals surface area contributed by atoms with Crippen LogP contribution in [0.5, 0.6) is 0 Å². The van der Waals surface area contributed by atoms with Gasteiger partial charge in [0.05, 0.1) is 16.1 Å². The number of para-hydroxylation sites is 1. The lowest BCUT2D eigenvalue weighted by Gasteiger charge is -2.19. The van der Waals surface area contributed by atoms with Crippen LogP contribution in [0.3, 0.4) is 0 Å². The van der Waals surface area contributed by atoms with E-state index < -0.39 is 10.0 Å². The summed E-state index contributed by atoms with van der Waals surface area (Å²) in [5.74, 6) is -0.308. The molecule has 3 aromatic carbocycles. The Labute approximate surface area is 199 Å². The van der Waals surface area contributed by atoms with Gasteiger partial charge in [-0.25, -0.2) is 8.42 Å². The van der Waals surface area contributed by atoms with E-state index in [2.05, 4.69) is 10.0 Å². The number of amides is 2. The first-order valence-corrected chi connectivity index (χ1v) is 12.7. The third-order valence-electron chi connectivity index (χ3n) is 5.80. The normalized spacial score (nSPS) is 13.7. The molecule has 1 aliphatic rings. The van der Waals surface area contributed by atoms with Gasteiger partial charge in [0.2, 0.25) is 5.91 Å². The topological polar surface area (TPSA) is 95.6 Å². The maximum Gasteiger partial charge on any atom is 0.261 e. The van der Waals surface area contributed by atoms with Crippen molar-refractivity contribution in [2.24, 2.45) is 0 Å². The molecule has 0 saturated carbocycles. The van der Waals surface area contributed by atoms with E-state index in [-0.39, 0.29) is 28.0 Å². The molecule has 0 aliphatic carbocycles. The van der Waals surface area contributed by atoms with E-state index in [1.165, 1.54) is 6.07 Å². The van der Waals surface area contributed by atoms with Crippen molar-refractivity contribution in [3.05, 3.63) is 89.5 Å². The van der Waals surface area contributed by atoms with Crippen LogP contribution in [0, 0.1) is 6.92 Å². The number of aryl methyl sites for hydroxylation is 1. The fourth-order valence-electron chi connectivity index (χ4n) is 4.03. The number of carbonyl (C=O) groups excluding carboxylic acids is 2. The van der Waals surface area contributed by atoms with E-state index in [9.17, 15) is 18.0 Å². The van der Waals surface area contributed by atoms with Gasteiger partial charge < -0.3 is 10.2 Å². The highest BCUT2D eigenvalue weighted by Crippen LogP contribution is 2.28. The summed E-state index contributed by atoms with van der Waals surface area (Å²) in [7, 11) is -3.94. The Bertz CT molecular complexity index is 1310. The van der Waals surface area contributed by atoms with Gasteiger partial charge in [-0.15, -0.1) is 0 Å². The number of anilines is 2. The van der Waals surface area contributed by atoms with E-state index in [4.69, 9.17) is 0 Å². The zero-order chi connectivity index (χ0) is 24.1. The minimum atomic E-state index is -3.94. The molecule has 34 heavy (non-hydrogen) atoms. The molecular weight excluding hydrogens is 450 g/mol. The van der Waals surface area contributed by atoms with Crippen LogP contribution in [0.2, 0.25) is 0 Å². The molecule has 4 rings (SSSR count). The molecule has 0 unspecified atom stereocenters. The van der Waals surface area contributed by atoms with Crippen LogP contribution in [0.1, 0.15) is 34.3 Å². The van der Waals surface area contributed by atoms with Crippen LogP contribution in [0.4, 0.5) is 11.4 Å². The van der Waals surface area contributed by atoms with Gasteiger partial charge >= 0.3 is 0 Å². The highest BCUT2D eigenvalue weighted by Gasteiger charge is 2.25. The third-order valence-corrected chi connectivity index (χ3v) is 7.16. The molecule has 1 heterocycles. The van der Waals surface area contributed by atoms with E-state index in [1.54, 1.807) is 48.2 Å². The molecule has 1 fully saturated rings. The molecule has 8 heteroatoms. The number of nitrogens with one attached hydrogen (secondary N) is 2. The summed E-state index contributed by atoms with van der Waals surface area (Å²) in [6, 6.07) is 21.0. The van der Waals surface area contributed by atoms with Gasteiger partial charge in [-0.05, 0) is 61.2 Å². The predicted molar refractivity (Wildman–Crippen MR) is 132 cm³/mol. The number of benzene rings is 3. The summed E-state index contributed by atoms with van der Waals surface area (Å²) in [6.07, 6.45) is 1.97. The van der Waals surface area contributed by atoms with E-state index in [1.807, 2.05) is 30.3 Å². The van der Waals surface area contributed by atoms with Crippen molar-refractivity contribution in [3.8, 4) is 0 Å². The molecule has 0 radical (unpaired) electrons. The molecule has 176 valence electrons. The van der Waals surface area contributed by atoms with Crippen LogP contribution in [0.25, 0.3) is 0 Å². The number of hydrogen-bond acceptors (Lipinski definition) is 4. The molecule has 1 aliphatic heterocycles. The molecule has 0 bridgehead atoms. The van der Waals surface area contributed by atoms with Crippen molar-refractivity contribution >= 4 is 33.2 Å². The number of rotatable bonds is 8. The maximum atomic E-state index is 13.1. The molecule has 7 nitrogen and oxygen atoms in total. The third kappa shape index (κ3) is 5.28. The number of carbonyl (C=O) groups is 2. The van der Waals surface area contributed by atoms with E-state index >= 15 is 0 Å². The Morgan fingerprint density at radius 3 is 2.44 bits per heavy atom. The minimum absolute atomic E-state index is 0.0454. The largest absolute Gasteiger partial charge is 0.352 e. The Morgan fingerprint density at radius 2 is 1.74 bits per heavy atom. The van der Waals surface area contributed by atoms with Gasteiger partial charge in [0.15, 0.2) is 0 Å². The molecule has 0 atom stereocenters. The van der Waals surface area contributed by atoms with Gasteiger partial charge in [-0.2, -0.15) is 0 Å². The standard InChI is InChI=1S/C26H27N3O4S/c1-19-18-21(13-14-24(19)29-17-7-12-25(29)30)34(32,33)28-23-11-6-5-10-22(23)26(31)27-16-15-20-8-3-2-4-9-20/h2-6,8-11,13-14,18,28H,7,12,15-17H2,1H3,(H,27,31). The Hall–Kier alpha value is -3.65. The van der Waals surface area contributed by atoms with Crippen LogP contribution in [-0.2, 0) is 21.2 Å². The summed E-state index contributed by atoms with van der Waals surface area (Å²) >= 11 is 0. The predicted octanol–water partition coefficient (Wildman–Crippen LogP) is 3.90. The van der Waals surface area contributed by atoms with Crippen LogP contribution in [0.15, 0.2) is 77.7 Å². The summed E-state index contributed by atoms with van der Waals surface area (Å²) in [6.45, 7) is 2.85. The highest BCUT2D eigenvalue weighted by atomic mass is 32.2. The van der Waals surface area contributed by atoms with Gasteiger partial charge in [0, 0.05) is 25.2 Å². The Balaban J connectivity index is 1.48. The molecule has 2 amide bonds. The maximum absolute atomic E-state index is 13.1. The van der Waals surface area contributed by atoms with Gasteiger partial charge in [0.1, 0.15) is 0 Å². The second-order valence-electron chi connectivity index (χ2n) is 8.24. The monoisotopic (exact) mass is 477 g/mol. The molecule has 3 aromatic rings. The highest BCUT2D eigenvalue weighted by molar-refractivity contribution is 7.92. The van der Waals surface area contributed by atoms with Gasteiger partial charge in [0.25, 0.3) is 15.9 Å². The van der Waals surface area contributed by atoms with E-state index in [0.29, 0.717) is 31.5 Å². The van der Waals surface area contributed by atoms with E-state index in [0.717, 1.165) is 17.7 Å². The Morgan fingerprint density at radius 1 is 1.00 bits per heavy atom. The second-order valence-corrected chi connectivity index (χ2v) is 9.92. The summed E-state index contributed by atoms with van der Waals surface area (Å²) in [5.41, 5.74) is 2.97. The lowest BCUT2D eigenvalue weighted by atomic mass is 10.1. The molecular formula is C26H27N3O4S. The van der Waals surface area contributed by atoms with Gasteiger partial charge in [-0.3, -0.25) is 14.3 Å². The average molecular weight is 478 g/mol. The molecule has 0 spiro atoms. The number of nitrogens with zero attached hydrogens (tertiary/aromatic N) is 1. The first-order chi connectivity index (χ1) is 16.3. The fourth-order valence-corrected chi connectivity index (χ4v) is 5.20. The Kier molecular flexibility index (Phi) is 6.98. The van der Waals surface area contributed by atoms with Crippen molar-refractivity contribution in [3.63, 3.8) is 0 Å². The summed E-state index contributed by atoms with van der Waals surface area (Å²) in [4.78, 5) is 26.6. The molecule has 0 aromatic heterocycles. The minimum Gasteiger partial charge on any atom is -0.352 e. The van der Waals surface area contributed by atoms with Crippen molar-refractivity contribution < 1.29 is 18.0 Å². The number of hydrogen-bond donors (Lipinski definition) is 2. The lowest BCUT2D eigenvalue weighted by Crippen LogP contribution is -2.27. The number of sulfonamides is 1. The van der Waals surface area contributed by atoms with Crippen LogP contribution >= 0.6 is 0 Å². The summed E-state index contributed by atoms with van der Waals surface area (Å²) in [5, 5.41) is 2.85. The lowest BCUT2D eigenvalue weighted by molar-refractivity contribution is -0.117. The van der Waals surface area contributed by atoms with Crippen molar-refractivity contribution in [2.75, 3.05) is 22.7 Å². The quantitative estimate of drug-likeness (QED) is 0.514. The zero-order valence-corrected chi connectivity index (χ0v) is 19.8. The second kappa shape index (κ2) is 10.1. The summed E-state index contributed by atoms with van der Waals surface area (Å²) < 4.78 is 28.8. The first kappa shape index (κ1) is 23.5. The van der Waals surface area contributed by atoms with Crippen molar-refractivity contribution in [1.29, 1.82) is 0 Å². The van der Waals surface area contributed by atoms with Gasteiger partial charge in [-0.1, -0.05) is 42.5 Å². The smallest absolute Gasteiger partial charge is 0.261 e. The SMILES string of the molecule is Cc1cc(S(=O)(=O)Nc2ccccc2C(=O)NCCc2ccccc2)ccc1N1CCCC1=O. The van der Waals surface area contributed by atoms with Crippen molar-refractivity contribution in [2.45, 2.75) is 31.1 Å². The molecule has 1 saturated heterocycles. The zero-order valence-electron chi connectivity index (χ0n) is 19.0. The fraction of sp³-hybridized carbons (Fsp3) is 0.231.